The van der Waals surface area contributed by atoms with E-state index in [0.29, 0.717) is 6.42 Å². The van der Waals surface area contributed by atoms with Gasteiger partial charge in [0.1, 0.15) is 0 Å². The highest BCUT2D eigenvalue weighted by Crippen LogP contribution is 2.60. The highest BCUT2D eigenvalue weighted by atomic mass is 32.2. The molecule has 0 aromatic rings. The van der Waals surface area contributed by atoms with Crippen molar-refractivity contribution in [3.8, 4) is 0 Å². The molecular weight excluding hydrogens is 312 g/mol. The van der Waals surface area contributed by atoms with Gasteiger partial charge in [-0.1, -0.05) is 20.8 Å². The number of thioether (sulfide) groups is 1. The predicted octanol–water partition coefficient (Wildman–Crippen LogP) is 1.57. The maximum absolute atomic E-state index is 10.9. The van der Waals surface area contributed by atoms with Crippen molar-refractivity contribution >= 4 is 32.5 Å². The van der Waals surface area contributed by atoms with Crippen molar-refractivity contribution in [3.63, 3.8) is 0 Å². The molecule has 0 saturated heterocycles. The fraction of sp³-hybridized carbons (Fsp3) is 0.889. The molecule has 0 bridgehead atoms. The van der Waals surface area contributed by atoms with E-state index in [1.54, 1.807) is 11.8 Å². The minimum atomic E-state index is -4.94. The van der Waals surface area contributed by atoms with Gasteiger partial charge in [0, 0.05) is 11.3 Å². The highest BCUT2D eigenvalue weighted by molar-refractivity contribution is 8.00. The summed E-state index contributed by atoms with van der Waals surface area (Å²) in [6, 6.07) is 0. The van der Waals surface area contributed by atoms with E-state index in [4.69, 9.17) is 24.5 Å². The second-order valence-corrected chi connectivity index (χ2v) is 10.3. The van der Waals surface area contributed by atoms with Gasteiger partial charge < -0.3 is 9.79 Å². The van der Waals surface area contributed by atoms with Crippen molar-refractivity contribution in [2.75, 3.05) is 12.3 Å². The van der Waals surface area contributed by atoms with Crippen LogP contribution in [0.25, 0.3) is 0 Å². The van der Waals surface area contributed by atoms with Crippen LogP contribution in [-0.4, -0.2) is 46.7 Å². The lowest BCUT2D eigenvalue weighted by atomic mass is 10.3. The van der Waals surface area contributed by atoms with Gasteiger partial charge in [-0.05, 0) is 18.6 Å². The molecule has 0 spiro atoms. The van der Waals surface area contributed by atoms with Gasteiger partial charge >= 0.3 is 20.7 Å². The quantitative estimate of drug-likeness (QED) is 0.271. The summed E-state index contributed by atoms with van der Waals surface area (Å²) in [6.07, 6.45) is 1.33. The van der Waals surface area contributed by atoms with Crippen LogP contribution in [0.5, 0.6) is 0 Å². The second kappa shape index (κ2) is 7.48. The van der Waals surface area contributed by atoms with E-state index in [1.165, 1.54) is 0 Å². The zero-order chi connectivity index (χ0) is 15.3. The first-order chi connectivity index (χ1) is 8.34. The van der Waals surface area contributed by atoms with E-state index in [2.05, 4.69) is 25.8 Å². The first-order valence-corrected chi connectivity index (χ1v) is 9.91. The molecule has 0 heterocycles. The number of rotatable bonds is 7. The number of unbranched alkanes of at least 4 members (excludes halogenated alkanes) is 1. The van der Waals surface area contributed by atoms with Crippen LogP contribution in [0, 0.1) is 0 Å². The summed E-state index contributed by atoms with van der Waals surface area (Å²) in [7, 11) is -9.68. The molecule has 0 rings (SSSR count). The molecule has 0 atom stereocenters. The normalized spacial score (nSPS) is 14.8. The van der Waals surface area contributed by atoms with Gasteiger partial charge in [0.25, 0.3) is 0 Å². The monoisotopic (exact) mass is 334 g/mol. The molecule has 0 aromatic heterocycles. The Morgan fingerprint density at radius 3 is 2.11 bits per heavy atom. The average Bonchev–Trinajstić information content (AvgIpc) is 2.10. The van der Waals surface area contributed by atoms with Crippen LogP contribution in [0.4, 0.5) is 0 Å². The molecule has 0 unspecified atom stereocenters. The van der Waals surface area contributed by atoms with Crippen LogP contribution in [0.15, 0.2) is 4.99 Å². The van der Waals surface area contributed by atoms with Crippen molar-refractivity contribution < 1.29 is 29.0 Å². The summed E-state index contributed by atoms with van der Waals surface area (Å²) >= 11 is 1.76. The van der Waals surface area contributed by atoms with Crippen molar-refractivity contribution in [1.82, 2.24) is 0 Å². The largest absolute Gasteiger partial charge is 0.469 e. The fourth-order valence-electron chi connectivity index (χ4n) is 1.13. The Morgan fingerprint density at radius 1 is 1.21 bits per heavy atom. The topological polar surface area (TPSA) is 131 Å². The highest BCUT2D eigenvalue weighted by Gasteiger charge is 2.51. The van der Waals surface area contributed by atoms with Gasteiger partial charge in [0.2, 0.25) is 0 Å². The number of hydrogen-bond donors (Lipinski definition) is 5. The minimum absolute atomic E-state index is 0.0363. The molecule has 0 aromatic carbocycles. The molecule has 0 saturated carbocycles. The average molecular weight is 334 g/mol. The first-order valence-electron chi connectivity index (χ1n) is 5.66. The van der Waals surface area contributed by atoms with Crippen molar-refractivity contribution in [2.45, 2.75) is 38.4 Å². The zero-order valence-electron chi connectivity index (χ0n) is 11.2. The minimum Gasteiger partial charge on any atom is -0.317 e. The Balaban J connectivity index is 4.26. The summed E-state index contributed by atoms with van der Waals surface area (Å²) < 4.78 is 11.1. The Hall–Kier alpha value is 0.480. The Morgan fingerprint density at radius 2 is 1.74 bits per heavy atom. The summed E-state index contributed by atoms with van der Waals surface area (Å²) in [4.78, 5) is 47.9. The van der Waals surface area contributed by atoms with Crippen LogP contribution in [0.3, 0.4) is 0 Å². The predicted molar refractivity (Wildman–Crippen MR) is 79.4 cm³/mol. The van der Waals surface area contributed by atoms with E-state index in [0.717, 1.165) is 12.2 Å². The summed E-state index contributed by atoms with van der Waals surface area (Å²) in [5.74, 6) is 0.877. The smallest absolute Gasteiger partial charge is 0.317 e. The van der Waals surface area contributed by atoms with E-state index in [1.807, 2.05) is 0 Å². The molecule has 0 aliphatic rings. The molecule has 0 aliphatic heterocycles. The summed E-state index contributed by atoms with van der Waals surface area (Å²) in [5.41, 5.74) is 0. The van der Waals surface area contributed by atoms with Crippen molar-refractivity contribution in [2.24, 2.45) is 4.99 Å². The lowest BCUT2D eigenvalue weighted by Gasteiger charge is -2.16. The fourth-order valence-corrected chi connectivity index (χ4v) is 4.07. The SMILES string of the molecule is CC(C)(C)SCCCCN=C(P(=O)(O)O)[P+](O)(O)O. The van der Waals surface area contributed by atoms with Crippen molar-refractivity contribution in [1.29, 1.82) is 0 Å². The van der Waals surface area contributed by atoms with E-state index in [-0.39, 0.29) is 11.3 Å². The van der Waals surface area contributed by atoms with Gasteiger partial charge in [0.05, 0.1) is 0 Å². The molecule has 0 fully saturated rings. The van der Waals surface area contributed by atoms with Crippen molar-refractivity contribution in [3.05, 3.63) is 0 Å². The van der Waals surface area contributed by atoms with Crippen LogP contribution >= 0.6 is 27.3 Å². The lowest BCUT2D eigenvalue weighted by molar-refractivity contribution is 0.348. The third-order valence-corrected chi connectivity index (χ3v) is 6.16. The molecule has 114 valence electrons. The second-order valence-electron chi connectivity index (χ2n) is 4.96. The van der Waals surface area contributed by atoms with Crippen LogP contribution in [-0.2, 0) is 4.57 Å². The summed E-state index contributed by atoms with van der Waals surface area (Å²) in [5, 5.41) is -1.21. The van der Waals surface area contributed by atoms with Crippen LogP contribution in [0.2, 0.25) is 0 Å². The Kier molecular flexibility index (Phi) is 7.67. The third-order valence-electron chi connectivity index (χ3n) is 1.87. The van der Waals surface area contributed by atoms with Crippen LogP contribution < -0.4 is 0 Å². The zero-order valence-corrected chi connectivity index (χ0v) is 13.8. The van der Waals surface area contributed by atoms with Gasteiger partial charge in [-0.25, -0.2) is 9.56 Å². The standard InChI is InChI=1S/C9H21NO6P2S/c1-9(2,3)19-7-5-4-6-10-8(17(11,12)13)18(14,15)16/h11-13H,4-7H2,1-3H3,(H-,14,15,16)/p+1. The van der Waals surface area contributed by atoms with E-state index < -0.39 is 20.7 Å². The third kappa shape index (κ3) is 9.93. The molecule has 19 heavy (non-hydrogen) atoms. The molecule has 7 nitrogen and oxygen atoms in total. The van der Waals surface area contributed by atoms with Crippen LogP contribution in [0.1, 0.15) is 33.6 Å². The first kappa shape index (κ1) is 19.5. The molecule has 0 aliphatic carbocycles. The van der Waals surface area contributed by atoms with Gasteiger partial charge in [0.15, 0.2) is 0 Å². The van der Waals surface area contributed by atoms with Gasteiger partial charge in [-0.2, -0.15) is 26.4 Å². The molecule has 10 heteroatoms. The Bertz CT molecular complexity index is 357. The van der Waals surface area contributed by atoms with E-state index >= 15 is 0 Å². The maximum Gasteiger partial charge on any atom is 0.469 e. The maximum atomic E-state index is 10.9. The summed E-state index contributed by atoms with van der Waals surface area (Å²) in [6.45, 7) is 6.30. The van der Waals surface area contributed by atoms with Gasteiger partial charge in [-0.15, -0.1) is 0 Å². The lowest BCUT2D eigenvalue weighted by Crippen LogP contribution is -2.09. The van der Waals surface area contributed by atoms with E-state index in [9.17, 15) is 4.57 Å². The molecule has 0 amide bonds. The molecule has 5 N–H and O–H groups in total. The number of aliphatic imine (C=N–C) groups is 1. The Labute approximate surface area is 117 Å². The number of hydrogen-bond acceptors (Lipinski definition) is 6. The number of nitrogens with zero attached hydrogens (tertiary/aromatic N) is 1. The molecular formula is C9H22NO6P2S+. The molecule has 0 radical (unpaired) electrons. The van der Waals surface area contributed by atoms with Gasteiger partial charge in [-0.3, -0.25) is 0 Å².